The lowest BCUT2D eigenvalue weighted by atomic mass is 10.1. The third-order valence-corrected chi connectivity index (χ3v) is 4.99. The van der Waals surface area contributed by atoms with Crippen LogP contribution in [0.3, 0.4) is 0 Å². The van der Waals surface area contributed by atoms with Crippen LogP contribution in [0.2, 0.25) is 0 Å². The van der Waals surface area contributed by atoms with Gasteiger partial charge in [-0.15, -0.1) is 0 Å². The average molecular weight is 478 g/mol. The van der Waals surface area contributed by atoms with Crippen molar-refractivity contribution in [2.45, 2.75) is 18.2 Å². The Bertz CT molecular complexity index is 869. The highest BCUT2D eigenvalue weighted by Gasteiger charge is 2.28. The number of carbonyl (C=O) groups excluding carboxylic acids is 1. The van der Waals surface area contributed by atoms with Crippen LogP contribution in [0, 0.1) is 0 Å². The zero-order chi connectivity index (χ0) is 20.8. The van der Waals surface area contributed by atoms with Crippen LogP contribution in [-0.2, 0) is 16.1 Å². The minimum absolute atomic E-state index is 0.0790. The number of esters is 1. The second kappa shape index (κ2) is 9.92. The molecule has 0 saturated heterocycles. The van der Waals surface area contributed by atoms with Gasteiger partial charge in [0.2, 0.25) is 22.8 Å². The maximum absolute atomic E-state index is 11.5. The zero-order valence-corrected chi connectivity index (χ0v) is 17.8. The first-order chi connectivity index (χ1) is 13.3. The highest BCUT2D eigenvalue weighted by Crippen LogP contribution is 2.49. The Balaban J connectivity index is 2.44. The number of carbonyl (C=O) groups is 1. The second-order valence-corrected chi connectivity index (χ2v) is 7.43. The summed E-state index contributed by atoms with van der Waals surface area (Å²) in [6.07, 6.45) is 0.318. The van der Waals surface area contributed by atoms with Crippen LogP contribution in [0.4, 0.5) is 0 Å². The van der Waals surface area contributed by atoms with Gasteiger partial charge >= 0.3 is 5.97 Å². The number of furan rings is 1. The molecule has 0 bridgehead atoms. The molecule has 0 aliphatic heterocycles. The van der Waals surface area contributed by atoms with Gasteiger partial charge in [0.1, 0.15) is 0 Å². The molecule has 2 rings (SSSR count). The van der Waals surface area contributed by atoms with Gasteiger partial charge in [0.25, 0.3) is 0 Å². The summed E-state index contributed by atoms with van der Waals surface area (Å²) in [6, 6.07) is 4.91. The third-order valence-electron chi connectivity index (χ3n) is 3.67. The quantitative estimate of drug-likeness (QED) is 0.285. The fraction of sp³-hybridized carbons (Fsp3) is 0.353. The van der Waals surface area contributed by atoms with Gasteiger partial charge in [0.15, 0.2) is 23.0 Å². The van der Waals surface area contributed by atoms with E-state index in [1.807, 2.05) is 0 Å². The van der Waals surface area contributed by atoms with E-state index in [0.29, 0.717) is 23.5 Å². The number of benzene rings is 1. The molecule has 0 saturated carbocycles. The van der Waals surface area contributed by atoms with Gasteiger partial charge < -0.3 is 23.7 Å². The van der Waals surface area contributed by atoms with E-state index in [1.54, 1.807) is 18.2 Å². The molecule has 3 N–H and O–H groups in total. The van der Waals surface area contributed by atoms with Crippen LogP contribution in [-0.4, -0.2) is 40.6 Å². The molecule has 0 aliphatic rings. The first-order valence-electron chi connectivity index (χ1n) is 8.03. The van der Waals surface area contributed by atoms with Crippen molar-refractivity contribution in [1.29, 1.82) is 0 Å². The average Bonchev–Trinajstić information content (AvgIpc) is 2.96. The third kappa shape index (κ3) is 5.25. The largest absolute Gasteiger partial charge is 0.502 e. The topological polar surface area (TPSA) is 127 Å². The highest BCUT2D eigenvalue weighted by molar-refractivity contribution is 9.09. The number of rotatable bonds is 9. The molecule has 0 radical (unpaired) electrons. The van der Waals surface area contributed by atoms with Crippen molar-refractivity contribution in [3.8, 4) is 34.3 Å². The van der Waals surface area contributed by atoms with Crippen molar-refractivity contribution in [2.75, 3.05) is 20.8 Å². The molecule has 2 aromatic rings. The smallest absolute Gasteiger partial charge is 0.308 e. The molecule has 2 atom stereocenters. The molecule has 1 heterocycles. The fourth-order valence-corrected chi connectivity index (χ4v) is 3.27. The van der Waals surface area contributed by atoms with E-state index in [-0.39, 0.29) is 29.6 Å². The number of methoxy groups -OCH3 is 2. The Morgan fingerprint density at radius 1 is 1.32 bits per heavy atom. The van der Waals surface area contributed by atoms with Gasteiger partial charge in [-0.2, -0.15) is 0 Å². The first-order valence-corrected chi connectivity index (χ1v) is 10.1. The van der Waals surface area contributed by atoms with E-state index in [9.17, 15) is 14.1 Å². The molecule has 154 valence electrons. The summed E-state index contributed by atoms with van der Waals surface area (Å²) in [5.41, 5.74) is 0.476. The SMILES string of the molecule is COc1ccc(-c2oc(C(Br)CCNS(=O)O)c(OC(C)=O)c2O)cc1OC. The molecule has 0 spiro atoms. The lowest BCUT2D eigenvalue weighted by Gasteiger charge is -2.09. The predicted octanol–water partition coefficient (Wildman–Crippen LogP) is 3.15. The molecule has 1 aromatic carbocycles. The Kier molecular flexibility index (Phi) is 7.87. The summed E-state index contributed by atoms with van der Waals surface area (Å²) >= 11 is 1.24. The van der Waals surface area contributed by atoms with E-state index in [1.165, 1.54) is 21.1 Å². The van der Waals surface area contributed by atoms with Gasteiger partial charge in [-0.3, -0.25) is 9.35 Å². The van der Waals surface area contributed by atoms with Crippen molar-refractivity contribution in [2.24, 2.45) is 0 Å². The Hall–Kier alpha value is -2.08. The Morgan fingerprint density at radius 2 is 2.00 bits per heavy atom. The van der Waals surface area contributed by atoms with E-state index in [4.69, 9.17) is 23.2 Å². The van der Waals surface area contributed by atoms with Gasteiger partial charge in [-0.25, -0.2) is 8.93 Å². The lowest BCUT2D eigenvalue weighted by molar-refractivity contribution is -0.132. The number of aromatic hydroxyl groups is 1. The highest BCUT2D eigenvalue weighted by atomic mass is 79.9. The summed E-state index contributed by atoms with van der Waals surface area (Å²) < 4.78 is 43.2. The zero-order valence-electron chi connectivity index (χ0n) is 15.4. The molecular formula is C17H20BrNO8S. The molecular weight excluding hydrogens is 458 g/mol. The lowest BCUT2D eigenvalue weighted by Crippen LogP contribution is -2.18. The number of alkyl halides is 1. The van der Waals surface area contributed by atoms with Crippen molar-refractivity contribution in [3.05, 3.63) is 24.0 Å². The normalized spacial score (nSPS) is 13.0. The van der Waals surface area contributed by atoms with Crippen LogP contribution in [0.1, 0.15) is 23.9 Å². The van der Waals surface area contributed by atoms with E-state index >= 15 is 0 Å². The summed E-state index contributed by atoms with van der Waals surface area (Å²) in [4.78, 5) is 11.0. The fourth-order valence-electron chi connectivity index (χ4n) is 2.45. The van der Waals surface area contributed by atoms with Crippen molar-refractivity contribution >= 4 is 33.2 Å². The Labute approximate surface area is 172 Å². The molecule has 0 amide bonds. The van der Waals surface area contributed by atoms with Crippen LogP contribution >= 0.6 is 15.9 Å². The van der Waals surface area contributed by atoms with Crippen molar-refractivity contribution in [3.63, 3.8) is 0 Å². The van der Waals surface area contributed by atoms with Gasteiger partial charge in [-0.05, 0) is 24.6 Å². The standard InChI is InChI=1S/C17H20BrNO8S/c1-9(20)26-17-14(21)15(10-4-5-12(24-2)13(8-10)25-3)27-16(17)11(18)6-7-19-28(22)23/h4-5,8,11,19,21H,6-7H2,1-3H3,(H,22,23). The predicted molar refractivity (Wildman–Crippen MR) is 105 cm³/mol. The van der Waals surface area contributed by atoms with Gasteiger partial charge in [0, 0.05) is 19.0 Å². The van der Waals surface area contributed by atoms with Crippen LogP contribution < -0.4 is 18.9 Å². The van der Waals surface area contributed by atoms with E-state index < -0.39 is 22.1 Å². The molecule has 2 unspecified atom stereocenters. The molecule has 1 aromatic heterocycles. The van der Waals surface area contributed by atoms with Crippen LogP contribution in [0.25, 0.3) is 11.3 Å². The van der Waals surface area contributed by atoms with Gasteiger partial charge in [0.05, 0.1) is 19.0 Å². The number of ether oxygens (including phenoxy) is 3. The summed E-state index contributed by atoms with van der Waals surface area (Å²) in [6.45, 7) is 1.37. The minimum atomic E-state index is -2.15. The summed E-state index contributed by atoms with van der Waals surface area (Å²) in [5, 5.41) is 10.6. The van der Waals surface area contributed by atoms with E-state index in [0.717, 1.165) is 0 Å². The molecule has 11 heteroatoms. The number of nitrogens with one attached hydrogen (secondary N) is 1. The van der Waals surface area contributed by atoms with Crippen LogP contribution in [0.5, 0.6) is 23.0 Å². The maximum atomic E-state index is 11.5. The van der Waals surface area contributed by atoms with Crippen LogP contribution in [0.15, 0.2) is 22.6 Å². The minimum Gasteiger partial charge on any atom is -0.502 e. The summed E-state index contributed by atoms with van der Waals surface area (Å²) in [7, 11) is 2.98. The maximum Gasteiger partial charge on any atom is 0.308 e. The first kappa shape index (κ1) is 22.2. The monoisotopic (exact) mass is 477 g/mol. The number of hydrogen-bond donors (Lipinski definition) is 3. The van der Waals surface area contributed by atoms with Crippen molar-refractivity contribution in [1.82, 2.24) is 4.72 Å². The molecule has 0 fully saturated rings. The van der Waals surface area contributed by atoms with Crippen molar-refractivity contribution < 1.29 is 37.3 Å². The number of hydrogen-bond acceptors (Lipinski definition) is 7. The van der Waals surface area contributed by atoms with Gasteiger partial charge in [-0.1, -0.05) is 15.9 Å². The molecule has 0 aliphatic carbocycles. The number of halogens is 1. The molecule has 9 nitrogen and oxygen atoms in total. The Morgan fingerprint density at radius 3 is 2.57 bits per heavy atom. The summed E-state index contributed by atoms with van der Waals surface area (Å²) in [5.74, 6) is 0.0734. The second-order valence-electron chi connectivity index (χ2n) is 5.54. The van der Waals surface area contributed by atoms with E-state index in [2.05, 4.69) is 20.7 Å². The molecule has 28 heavy (non-hydrogen) atoms.